The van der Waals surface area contributed by atoms with Gasteiger partial charge in [0, 0.05) is 12.1 Å². The molecule has 0 aliphatic heterocycles. The lowest BCUT2D eigenvalue weighted by molar-refractivity contribution is 0.0964. The number of nitrogens with zero attached hydrogens (tertiary/aromatic N) is 1. The molecule has 0 saturated carbocycles. The van der Waals surface area contributed by atoms with Gasteiger partial charge in [0.2, 0.25) is 15.7 Å². The highest BCUT2D eigenvalue weighted by molar-refractivity contribution is 14.1. The van der Waals surface area contributed by atoms with E-state index in [1.807, 2.05) is 22.6 Å². The number of carbonyl (C=O) groups is 1. The molecular weight excluding hydrogens is 524 g/mol. The first-order valence-electron chi connectivity index (χ1n) is 7.98. The molecule has 0 atom stereocenters. The fourth-order valence-electron chi connectivity index (χ4n) is 2.50. The number of benzene rings is 1. The van der Waals surface area contributed by atoms with E-state index in [1.54, 1.807) is 6.07 Å². The minimum absolute atomic E-state index is 0.00262. The summed E-state index contributed by atoms with van der Waals surface area (Å²) in [7, 11) is -2.13. The van der Waals surface area contributed by atoms with Crippen LogP contribution in [0.4, 0.5) is 10.2 Å². The SMILES string of the molecule is CCS(=O)(=O)Nc1nc2oc(-c3ccc(Cl)cc3F)c(C(=O)NC)c2cc1I. The third-order valence-corrected chi connectivity index (χ3v) is 6.22. The van der Waals surface area contributed by atoms with Gasteiger partial charge >= 0.3 is 0 Å². The Labute approximate surface area is 178 Å². The van der Waals surface area contributed by atoms with E-state index in [0.29, 0.717) is 8.96 Å². The van der Waals surface area contributed by atoms with Gasteiger partial charge in [-0.2, -0.15) is 4.98 Å². The van der Waals surface area contributed by atoms with Gasteiger partial charge in [-0.3, -0.25) is 9.52 Å². The van der Waals surface area contributed by atoms with Crippen molar-refractivity contribution < 1.29 is 22.0 Å². The van der Waals surface area contributed by atoms with Crippen molar-refractivity contribution in [2.75, 3.05) is 17.5 Å². The van der Waals surface area contributed by atoms with E-state index >= 15 is 0 Å². The lowest BCUT2D eigenvalue weighted by Gasteiger charge is -2.07. The third kappa shape index (κ3) is 3.94. The van der Waals surface area contributed by atoms with Crippen LogP contribution in [0.25, 0.3) is 22.4 Å². The normalized spacial score (nSPS) is 11.6. The fraction of sp³-hybridized carbons (Fsp3) is 0.176. The molecule has 3 rings (SSSR count). The average molecular weight is 538 g/mol. The standard InChI is InChI=1S/C17H14ClFIN3O4S/c1-3-28(25,26)23-15-12(20)7-10-13(16(24)21-2)14(27-17(10)22-15)9-5-4-8(18)6-11(9)19/h4-7H,3H2,1-2H3,(H,21,24)(H,22,23). The lowest BCUT2D eigenvalue weighted by Crippen LogP contribution is -2.18. The van der Waals surface area contributed by atoms with Gasteiger partial charge in [0.25, 0.3) is 5.91 Å². The van der Waals surface area contributed by atoms with Gasteiger partial charge in [-0.25, -0.2) is 12.8 Å². The van der Waals surface area contributed by atoms with E-state index in [-0.39, 0.29) is 39.2 Å². The summed E-state index contributed by atoms with van der Waals surface area (Å²) in [4.78, 5) is 16.7. The number of furan rings is 1. The highest BCUT2D eigenvalue weighted by Crippen LogP contribution is 2.37. The van der Waals surface area contributed by atoms with E-state index in [9.17, 15) is 17.6 Å². The molecule has 2 heterocycles. The van der Waals surface area contributed by atoms with Gasteiger partial charge in [0.1, 0.15) is 5.82 Å². The number of amides is 1. The molecule has 2 aromatic heterocycles. The predicted octanol–water partition coefficient (Wildman–Crippen LogP) is 4.01. The third-order valence-electron chi connectivity index (χ3n) is 3.90. The van der Waals surface area contributed by atoms with Crippen molar-refractivity contribution in [3.05, 3.63) is 44.2 Å². The van der Waals surface area contributed by atoms with E-state index in [4.69, 9.17) is 16.0 Å². The van der Waals surface area contributed by atoms with Crippen molar-refractivity contribution in [1.82, 2.24) is 10.3 Å². The van der Waals surface area contributed by atoms with Crippen LogP contribution < -0.4 is 10.0 Å². The maximum absolute atomic E-state index is 14.4. The van der Waals surface area contributed by atoms with Crippen LogP contribution >= 0.6 is 34.2 Å². The number of fused-ring (bicyclic) bond motifs is 1. The highest BCUT2D eigenvalue weighted by Gasteiger charge is 2.26. The largest absolute Gasteiger partial charge is 0.437 e. The topological polar surface area (TPSA) is 101 Å². The number of aromatic nitrogens is 1. The van der Waals surface area contributed by atoms with E-state index in [0.717, 1.165) is 6.07 Å². The second kappa shape index (κ2) is 7.84. The number of sulfonamides is 1. The van der Waals surface area contributed by atoms with Gasteiger partial charge in [0.05, 0.1) is 25.8 Å². The molecule has 0 unspecified atom stereocenters. The summed E-state index contributed by atoms with van der Waals surface area (Å²) in [5, 5.41) is 3.02. The van der Waals surface area contributed by atoms with Gasteiger partial charge < -0.3 is 9.73 Å². The zero-order chi connectivity index (χ0) is 20.6. The van der Waals surface area contributed by atoms with Gasteiger partial charge in [-0.05, 0) is 53.8 Å². The van der Waals surface area contributed by atoms with Crippen molar-refractivity contribution in [3.63, 3.8) is 0 Å². The molecule has 0 aliphatic rings. The number of rotatable bonds is 5. The molecule has 148 valence electrons. The fourth-order valence-corrected chi connectivity index (χ4v) is 4.01. The first-order valence-corrected chi connectivity index (χ1v) is 11.1. The molecule has 28 heavy (non-hydrogen) atoms. The quantitative estimate of drug-likeness (QED) is 0.479. The Hall–Kier alpha value is -1.92. The molecule has 0 fully saturated rings. The van der Waals surface area contributed by atoms with E-state index in [2.05, 4.69) is 15.0 Å². The Bertz CT molecular complexity index is 1200. The van der Waals surface area contributed by atoms with Crippen LogP contribution in [0.5, 0.6) is 0 Å². The number of nitrogens with one attached hydrogen (secondary N) is 2. The molecule has 0 bridgehead atoms. The number of hydrogen-bond acceptors (Lipinski definition) is 5. The van der Waals surface area contributed by atoms with Gasteiger partial charge in [-0.1, -0.05) is 11.6 Å². The van der Waals surface area contributed by atoms with Crippen LogP contribution in [0.3, 0.4) is 0 Å². The molecule has 0 aliphatic carbocycles. The highest BCUT2D eigenvalue weighted by atomic mass is 127. The number of anilines is 1. The second-order valence-corrected chi connectivity index (χ2v) is 9.30. The molecule has 0 radical (unpaired) electrons. The zero-order valence-electron chi connectivity index (χ0n) is 14.6. The molecule has 11 heteroatoms. The summed E-state index contributed by atoms with van der Waals surface area (Å²) < 4.78 is 46.7. The van der Waals surface area contributed by atoms with Gasteiger partial charge in [-0.15, -0.1) is 0 Å². The Morgan fingerprint density at radius 2 is 2.07 bits per heavy atom. The Morgan fingerprint density at radius 1 is 1.36 bits per heavy atom. The summed E-state index contributed by atoms with van der Waals surface area (Å²) in [6, 6.07) is 5.53. The Kier molecular flexibility index (Phi) is 5.82. The summed E-state index contributed by atoms with van der Waals surface area (Å²) >= 11 is 7.70. The van der Waals surface area contributed by atoms with Crippen molar-refractivity contribution >= 4 is 67.0 Å². The van der Waals surface area contributed by atoms with Crippen LogP contribution in [-0.4, -0.2) is 32.1 Å². The molecule has 1 amide bonds. The van der Waals surface area contributed by atoms with Crippen LogP contribution in [0.1, 0.15) is 17.3 Å². The number of carbonyl (C=O) groups excluding carboxylic acids is 1. The molecule has 2 N–H and O–H groups in total. The molecular formula is C17H14ClFIN3O4S. The Morgan fingerprint density at radius 3 is 2.68 bits per heavy atom. The predicted molar refractivity (Wildman–Crippen MR) is 114 cm³/mol. The van der Waals surface area contributed by atoms with Crippen LogP contribution in [0.15, 0.2) is 28.7 Å². The zero-order valence-corrected chi connectivity index (χ0v) is 18.4. The molecule has 1 aromatic carbocycles. The minimum atomic E-state index is -3.56. The summed E-state index contributed by atoms with van der Waals surface area (Å²) in [6.07, 6.45) is 0. The minimum Gasteiger partial charge on any atom is -0.437 e. The maximum atomic E-state index is 14.4. The van der Waals surface area contributed by atoms with Crippen LogP contribution in [0, 0.1) is 9.39 Å². The van der Waals surface area contributed by atoms with Crippen LogP contribution in [0.2, 0.25) is 5.02 Å². The molecule has 3 aromatic rings. The smallest absolute Gasteiger partial charge is 0.255 e. The number of halogens is 3. The summed E-state index contributed by atoms with van der Waals surface area (Å²) in [6.45, 7) is 1.49. The van der Waals surface area contributed by atoms with Crippen LogP contribution in [-0.2, 0) is 10.0 Å². The molecule has 7 nitrogen and oxygen atoms in total. The number of pyridine rings is 1. The summed E-state index contributed by atoms with van der Waals surface area (Å²) in [5.74, 6) is -1.26. The second-order valence-electron chi connectivity index (χ2n) is 5.69. The first kappa shape index (κ1) is 20.8. The summed E-state index contributed by atoms with van der Waals surface area (Å²) in [5.41, 5.74) is 0.123. The first-order chi connectivity index (χ1) is 13.2. The van der Waals surface area contributed by atoms with E-state index < -0.39 is 21.7 Å². The van der Waals surface area contributed by atoms with Gasteiger partial charge in [0.15, 0.2) is 11.6 Å². The lowest BCUT2D eigenvalue weighted by atomic mass is 10.1. The van der Waals surface area contributed by atoms with Crippen molar-refractivity contribution in [2.45, 2.75) is 6.92 Å². The van der Waals surface area contributed by atoms with E-state index in [1.165, 1.54) is 26.1 Å². The average Bonchev–Trinajstić information content (AvgIpc) is 2.99. The Balaban J connectivity index is 2.28. The maximum Gasteiger partial charge on any atom is 0.255 e. The van der Waals surface area contributed by atoms with Crippen molar-refractivity contribution in [1.29, 1.82) is 0 Å². The van der Waals surface area contributed by atoms with Crippen molar-refractivity contribution in [2.24, 2.45) is 0 Å². The van der Waals surface area contributed by atoms with Crippen molar-refractivity contribution in [3.8, 4) is 11.3 Å². The monoisotopic (exact) mass is 537 g/mol. The molecule has 0 spiro atoms. The molecule has 0 saturated heterocycles. The number of hydrogen-bond donors (Lipinski definition) is 2.